The van der Waals surface area contributed by atoms with E-state index in [0.29, 0.717) is 5.75 Å². The molecule has 0 amide bonds. The molecule has 0 saturated heterocycles. The molecule has 1 N–H and O–H groups in total. The van der Waals surface area contributed by atoms with Gasteiger partial charge in [-0.3, -0.25) is 0 Å². The Morgan fingerprint density at radius 3 is 2.17 bits per heavy atom. The van der Waals surface area contributed by atoms with E-state index in [-0.39, 0.29) is 5.30 Å². The molecule has 0 bridgehead atoms. The lowest BCUT2D eigenvalue weighted by atomic mass is 9.98. The van der Waals surface area contributed by atoms with Crippen LogP contribution >= 0.6 is 7.60 Å². The SMILES string of the molecule is CCc1ccccc1-c1ccc(P(=O)(O)Oc2ccccc2)cc1. The molecule has 122 valence electrons. The predicted molar refractivity (Wildman–Crippen MR) is 97.8 cm³/mol. The molecule has 0 spiro atoms. The van der Waals surface area contributed by atoms with Crippen LogP contribution in [-0.2, 0) is 11.0 Å². The van der Waals surface area contributed by atoms with Crippen LogP contribution in [0.15, 0.2) is 78.9 Å². The smallest absolute Gasteiger partial charge is 0.408 e. The monoisotopic (exact) mass is 338 g/mol. The van der Waals surface area contributed by atoms with Crippen LogP contribution in [0.25, 0.3) is 11.1 Å². The fourth-order valence-corrected chi connectivity index (χ4v) is 3.66. The summed E-state index contributed by atoms with van der Waals surface area (Å²) in [5.74, 6) is 0.378. The van der Waals surface area contributed by atoms with Crippen LogP contribution in [0.1, 0.15) is 12.5 Å². The molecule has 0 aromatic heterocycles. The average Bonchev–Trinajstić information content (AvgIpc) is 2.62. The van der Waals surface area contributed by atoms with E-state index in [0.717, 1.165) is 17.5 Å². The molecule has 3 aromatic carbocycles. The second kappa shape index (κ2) is 7.04. The highest BCUT2D eigenvalue weighted by molar-refractivity contribution is 7.61. The largest absolute Gasteiger partial charge is 0.421 e. The summed E-state index contributed by atoms with van der Waals surface area (Å²) in [6.07, 6.45) is 0.938. The third-order valence-corrected chi connectivity index (χ3v) is 5.28. The van der Waals surface area contributed by atoms with Crippen LogP contribution in [-0.4, -0.2) is 4.89 Å². The van der Waals surface area contributed by atoms with E-state index in [1.54, 1.807) is 36.4 Å². The van der Waals surface area contributed by atoms with Gasteiger partial charge in [0, 0.05) is 0 Å². The van der Waals surface area contributed by atoms with E-state index in [9.17, 15) is 9.46 Å². The zero-order chi connectivity index (χ0) is 17.0. The lowest BCUT2D eigenvalue weighted by Gasteiger charge is -2.14. The van der Waals surface area contributed by atoms with Crippen molar-refractivity contribution in [3.05, 3.63) is 84.4 Å². The summed E-state index contributed by atoms with van der Waals surface area (Å²) in [5.41, 5.74) is 3.41. The molecule has 3 aromatic rings. The van der Waals surface area contributed by atoms with Gasteiger partial charge in [0.05, 0.1) is 5.30 Å². The molecule has 0 aliphatic heterocycles. The van der Waals surface area contributed by atoms with E-state index >= 15 is 0 Å². The second-order valence-electron chi connectivity index (χ2n) is 5.48. The van der Waals surface area contributed by atoms with Gasteiger partial charge in [0.2, 0.25) is 0 Å². The molecule has 1 atom stereocenters. The first-order chi connectivity index (χ1) is 11.6. The standard InChI is InChI=1S/C20H19O3P/c1-2-16-8-6-7-11-20(16)17-12-14-19(15-13-17)24(21,22)23-18-9-4-3-5-10-18/h3-15H,2H2,1H3,(H,21,22). The molecule has 4 heteroatoms. The molecule has 0 fully saturated rings. The number of rotatable bonds is 5. The van der Waals surface area contributed by atoms with Gasteiger partial charge in [-0.05, 0) is 47.4 Å². The minimum Gasteiger partial charge on any atom is -0.421 e. The molecule has 0 saturated carbocycles. The normalized spacial score (nSPS) is 13.2. The van der Waals surface area contributed by atoms with Crippen molar-refractivity contribution in [1.29, 1.82) is 0 Å². The maximum Gasteiger partial charge on any atom is 0.408 e. The van der Waals surface area contributed by atoms with Crippen molar-refractivity contribution in [3.8, 4) is 16.9 Å². The van der Waals surface area contributed by atoms with Gasteiger partial charge < -0.3 is 9.42 Å². The van der Waals surface area contributed by atoms with Crippen molar-refractivity contribution in [2.24, 2.45) is 0 Å². The highest BCUT2D eigenvalue weighted by atomic mass is 31.2. The molecule has 0 aliphatic rings. The predicted octanol–water partition coefficient (Wildman–Crippen LogP) is 4.81. The Morgan fingerprint density at radius 2 is 1.50 bits per heavy atom. The summed E-state index contributed by atoms with van der Waals surface area (Å²) in [6.45, 7) is 2.11. The van der Waals surface area contributed by atoms with Crippen molar-refractivity contribution in [3.63, 3.8) is 0 Å². The van der Waals surface area contributed by atoms with Gasteiger partial charge in [0.1, 0.15) is 5.75 Å². The first-order valence-electron chi connectivity index (χ1n) is 7.86. The van der Waals surface area contributed by atoms with Crippen molar-refractivity contribution < 1.29 is 14.0 Å². The van der Waals surface area contributed by atoms with Crippen molar-refractivity contribution in [2.45, 2.75) is 13.3 Å². The van der Waals surface area contributed by atoms with Crippen LogP contribution in [0.2, 0.25) is 0 Å². The maximum atomic E-state index is 12.5. The zero-order valence-corrected chi connectivity index (χ0v) is 14.3. The molecule has 0 radical (unpaired) electrons. The van der Waals surface area contributed by atoms with Crippen LogP contribution in [0.5, 0.6) is 5.75 Å². The van der Waals surface area contributed by atoms with Gasteiger partial charge in [-0.2, -0.15) is 0 Å². The van der Waals surface area contributed by atoms with Crippen molar-refractivity contribution in [1.82, 2.24) is 0 Å². The highest BCUT2D eigenvalue weighted by Crippen LogP contribution is 2.41. The maximum absolute atomic E-state index is 12.5. The molecule has 3 nitrogen and oxygen atoms in total. The Labute approximate surface area is 142 Å². The molecule has 24 heavy (non-hydrogen) atoms. The lowest BCUT2D eigenvalue weighted by molar-refractivity contribution is 0.393. The van der Waals surface area contributed by atoms with Gasteiger partial charge >= 0.3 is 7.60 Å². The van der Waals surface area contributed by atoms with Crippen molar-refractivity contribution in [2.75, 3.05) is 0 Å². The topological polar surface area (TPSA) is 46.5 Å². The molecule has 3 rings (SSSR count). The zero-order valence-electron chi connectivity index (χ0n) is 13.4. The quantitative estimate of drug-likeness (QED) is 0.679. The molecule has 0 aliphatic carbocycles. The summed E-state index contributed by atoms with van der Waals surface area (Å²) in [5, 5.41) is 0.282. The van der Waals surface area contributed by atoms with Gasteiger partial charge in [-0.1, -0.05) is 61.5 Å². The van der Waals surface area contributed by atoms with Crippen LogP contribution in [0.3, 0.4) is 0 Å². The Balaban J connectivity index is 1.87. The van der Waals surface area contributed by atoms with Gasteiger partial charge in [-0.25, -0.2) is 4.57 Å². The number of aryl methyl sites for hydroxylation is 1. The van der Waals surface area contributed by atoms with E-state index in [4.69, 9.17) is 4.52 Å². The van der Waals surface area contributed by atoms with E-state index < -0.39 is 7.60 Å². The summed E-state index contributed by atoms with van der Waals surface area (Å²) >= 11 is 0. The Kier molecular flexibility index (Phi) is 4.84. The number of hydrogen-bond donors (Lipinski definition) is 1. The number of hydrogen-bond acceptors (Lipinski definition) is 2. The number of para-hydroxylation sites is 1. The number of benzene rings is 3. The Hall–Kier alpha value is -2.35. The fourth-order valence-electron chi connectivity index (χ4n) is 2.62. The third-order valence-electron chi connectivity index (χ3n) is 3.88. The first-order valence-corrected chi connectivity index (χ1v) is 9.44. The summed E-state index contributed by atoms with van der Waals surface area (Å²) in [4.78, 5) is 10.2. The highest BCUT2D eigenvalue weighted by Gasteiger charge is 2.24. The van der Waals surface area contributed by atoms with Gasteiger partial charge in [0.25, 0.3) is 0 Å². The first kappa shape index (κ1) is 16.5. The second-order valence-corrected chi connectivity index (χ2v) is 7.22. The molecular formula is C20H19O3P. The van der Waals surface area contributed by atoms with E-state index in [2.05, 4.69) is 19.1 Å². The van der Waals surface area contributed by atoms with Crippen LogP contribution in [0, 0.1) is 0 Å². The van der Waals surface area contributed by atoms with E-state index in [1.807, 2.05) is 30.3 Å². The minimum atomic E-state index is -3.90. The van der Waals surface area contributed by atoms with E-state index in [1.165, 1.54) is 5.56 Å². The summed E-state index contributed by atoms with van der Waals surface area (Å²) in [6, 6.07) is 23.9. The minimum absolute atomic E-state index is 0.282. The summed E-state index contributed by atoms with van der Waals surface area (Å²) in [7, 11) is -3.90. The third kappa shape index (κ3) is 3.59. The van der Waals surface area contributed by atoms with Crippen molar-refractivity contribution >= 4 is 12.9 Å². The molecular weight excluding hydrogens is 319 g/mol. The molecule has 1 unspecified atom stereocenters. The fraction of sp³-hybridized carbons (Fsp3) is 0.100. The van der Waals surface area contributed by atoms with Crippen LogP contribution < -0.4 is 9.83 Å². The van der Waals surface area contributed by atoms with Gasteiger partial charge in [-0.15, -0.1) is 0 Å². The summed E-state index contributed by atoms with van der Waals surface area (Å²) < 4.78 is 17.8. The van der Waals surface area contributed by atoms with Crippen LogP contribution in [0.4, 0.5) is 0 Å². The van der Waals surface area contributed by atoms with Gasteiger partial charge in [0.15, 0.2) is 0 Å². The average molecular weight is 338 g/mol. The Morgan fingerprint density at radius 1 is 0.875 bits per heavy atom. The lowest BCUT2D eigenvalue weighted by Crippen LogP contribution is -2.08. The Bertz CT molecular complexity index is 858. The molecule has 0 heterocycles.